The summed E-state index contributed by atoms with van der Waals surface area (Å²) >= 11 is 0. The van der Waals surface area contributed by atoms with Gasteiger partial charge in [0.25, 0.3) is 0 Å². The molecule has 98 valence electrons. The molecule has 1 aliphatic carbocycles. The molecule has 1 saturated carbocycles. The van der Waals surface area contributed by atoms with Crippen LogP contribution in [0, 0.1) is 0 Å². The molecular weight excluding hydrogens is 246 g/mol. The summed E-state index contributed by atoms with van der Waals surface area (Å²) in [6, 6.07) is 11.3. The molecule has 1 aromatic carbocycles. The van der Waals surface area contributed by atoms with E-state index in [-0.39, 0.29) is 6.04 Å². The lowest BCUT2D eigenvalue weighted by atomic mass is 9.75. The van der Waals surface area contributed by atoms with Gasteiger partial charge in [-0.2, -0.15) is 0 Å². The zero-order valence-electron chi connectivity index (χ0n) is 10.4. The van der Waals surface area contributed by atoms with E-state index in [2.05, 4.69) is 29.6 Å². The van der Waals surface area contributed by atoms with E-state index in [9.17, 15) is 8.42 Å². The highest BCUT2D eigenvalue weighted by atomic mass is 32.2. The minimum Gasteiger partial charge on any atom is -0.310 e. The summed E-state index contributed by atoms with van der Waals surface area (Å²) in [6.07, 6.45) is 3.07. The quantitative estimate of drug-likeness (QED) is 0.905. The van der Waals surface area contributed by atoms with E-state index in [0.717, 1.165) is 19.3 Å². The van der Waals surface area contributed by atoms with E-state index in [0.29, 0.717) is 23.5 Å². The molecule has 3 rings (SSSR count). The van der Waals surface area contributed by atoms with Gasteiger partial charge in [-0.1, -0.05) is 30.3 Å². The van der Waals surface area contributed by atoms with Crippen molar-refractivity contribution < 1.29 is 8.42 Å². The van der Waals surface area contributed by atoms with E-state index in [1.807, 2.05) is 6.07 Å². The molecule has 3 nitrogen and oxygen atoms in total. The van der Waals surface area contributed by atoms with Gasteiger partial charge in [0.2, 0.25) is 0 Å². The third kappa shape index (κ3) is 2.59. The Hall–Kier alpha value is -0.870. The standard InChI is InChI=1S/C14H19NO2S/c16-18(17)7-6-13(10-18)15-14-8-12(9-14)11-4-2-1-3-5-11/h1-5,12-15H,6-10H2. The van der Waals surface area contributed by atoms with Crippen LogP contribution in [-0.4, -0.2) is 32.0 Å². The average molecular weight is 265 g/mol. The van der Waals surface area contributed by atoms with Gasteiger partial charge in [0.05, 0.1) is 11.5 Å². The van der Waals surface area contributed by atoms with E-state index in [1.165, 1.54) is 5.56 Å². The van der Waals surface area contributed by atoms with Gasteiger partial charge in [-0.05, 0) is 30.7 Å². The summed E-state index contributed by atoms with van der Waals surface area (Å²) in [6.45, 7) is 0. The molecule has 1 N–H and O–H groups in total. The summed E-state index contributed by atoms with van der Waals surface area (Å²) < 4.78 is 22.7. The second-order valence-corrected chi connectivity index (χ2v) is 7.77. The number of rotatable bonds is 3. The molecule has 0 aromatic heterocycles. The minimum absolute atomic E-state index is 0.191. The van der Waals surface area contributed by atoms with Crippen LogP contribution in [0.3, 0.4) is 0 Å². The Labute approximate surface area is 109 Å². The second-order valence-electron chi connectivity index (χ2n) is 5.54. The van der Waals surface area contributed by atoms with Crippen molar-refractivity contribution in [1.29, 1.82) is 0 Å². The van der Waals surface area contributed by atoms with Crippen LogP contribution in [0.15, 0.2) is 30.3 Å². The van der Waals surface area contributed by atoms with Crippen LogP contribution in [-0.2, 0) is 9.84 Å². The van der Waals surface area contributed by atoms with Crippen molar-refractivity contribution in [3.63, 3.8) is 0 Å². The maximum atomic E-state index is 11.4. The normalized spacial score (nSPS) is 34.1. The first-order valence-electron chi connectivity index (χ1n) is 6.64. The zero-order chi connectivity index (χ0) is 12.6. The predicted molar refractivity (Wildman–Crippen MR) is 72.4 cm³/mol. The molecule has 18 heavy (non-hydrogen) atoms. The first-order chi connectivity index (χ1) is 8.62. The molecule has 1 heterocycles. The topological polar surface area (TPSA) is 46.2 Å². The van der Waals surface area contributed by atoms with Crippen LogP contribution in [0.2, 0.25) is 0 Å². The fourth-order valence-electron chi connectivity index (χ4n) is 3.01. The SMILES string of the molecule is O=S1(=O)CCC(NC2CC(c3ccccc3)C2)C1. The molecule has 2 fully saturated rings. The number of benzene rings is 1. The van der Waals surface area contributed by atoms with Gasteiger partial charge in [-0.25, -0.2) is 8.42 Å². The molecule has 1 aliphatic heterocycles. The molecule has 0 bridgehead atoms. The zero-order valence-corrected chi connectivity index (χ0v) is 11.2. The van der Waals surface area contributed by atoms with E-state index >= 15 is 0 Å². The fraction of sp³-hybridized carbons (Fsp3) is 0.571. The van der Waals surface area contributed by atoms with Crippen molar-refractivity contribution in [2.45, 2.75) is 37.3 Å². The third-order valence-corrected chi connectivity index (χ3v) is 5.88. The van der Waals surface area contributed by atoms with Gasteiger partial charge in [0, 0.05) is 12.1 Å². The molecule has 4 heteroatoms. The highest BCUT2D eigenvalue weighted by molar-refractivity contribution is 7.91. The van der Waals surface area contributed by atoms with Crippen molar-refractivity contribution in [1.82, 2.24) is 5.32 Å². The first kappa shape index (κ1) is 12.2. The smallest absolute Gasteiger partial charge is 0.151 e. The third-order valence-electron chi connectivity index (χ3n) is 4.11. The highest BCUT2D eigenvalue weighted by Crippen LogP contribution is 2.37. The molecule has 0 amide bonds. The average Bonchev–Trinajstić information content (AvgIpc) is 2.64. The summed E-state index contributed by atoms with van der Waals surface area (Å²) in [5.41, 5.74) is 1.41. The Morgan fingerprint density at radius 2 is 1.78 bits per heavy atom. The summed E-state index contributed by atoms with van der Waals surface area (Å²) in [7, 11) is -2.75. The highest BCUT2D eigenvalue weighted by Gasteiger charge is 2.35. The van der Waals surface area contributed by atoms with Gasteiger partial charge in [-0.15, -0.1) is 0 Å². The van der Waals surface area contributed by atoms with Crippen molar-refractivity contribution in [2.24, 2.45) is 0 Å². The fourth-order valence-corrected chi connectivity index (χ4v) is 4.70. The molecule has 1 saturated heterocycles. The Morgan fingerprint density at radius 1 is 1.06 bits per heavy atom. The van der Waals surface area contributed by atoms with Crippen molar-refractivity contribution in [3.8, 4) is 0 Å². The number of hydrogen-bond donors (Lipinski definition) is 1. The Bertz CT molecular complexity index is 506. The lowest BCUT2D eigenvalue weighted by molar-refractivity contribution is 0.271. The first-order valence-corrected chi connectivity index (χ1v) is 8.46. The van der Waals surface area contributed by atoms with Gasteiger partial charge < -0.3 is 5.32 Å². The maximum Gasteiger partial charge on any atom is 0.151 e. The lowest BCUT2D eigenvalue weighted by Gasteiger charge is -2.38. The molecule has 1 aromatic rings. The minimum atomic E-state index is -2.75. The lowest BCUT2D eigenvalue weighted by Crippen LogP contribution is -2.46. The van der Waals surface area contributed by atoms with Gasteiger partial charge in [-0.3, -0.25) is 0 Å². The summed E-state index contributed by atoms with van der Waals surface area (Å²) in [5, 5.41) is 3.49. The van der Waals surface area contributed by atoms with Gasteiger partial charge >= 0.3 is 0 Å². The van der Waals surface area contributed by atoms with E-state index in [1.54, 1.807) is 0 Å². The van der Waals surface area contributed by atoms with Crippen molar-refractivity contribution >= 4 is 9.84 Å². The summed E-state index contributed by atoms with van der Waals surface area (Å²) in [4.78, 5) is 0. The largest absolute Gasteiger partial charge is 0.310 e. The molecule has 0 radical (unpaired) electrons. The number of sulfone groups is 1. The molecular formula is C14H19NO2S. The van der Waals surface area contributed by atoms with Gasteiger partial charge in [0.15, 0.2) is 9.84 Å². The summed E-state index contributed by atoms with van der Waals surface area (Å²) in [5.74, 6) is 1.35. The molecule has 0 spiro atoms. The molecule has 1 atom stereocenters. The van der Waals surface area contributed by atoms with Crippen LogP contribution in [0.5, 0.6) is 0 Å². The second kappa shape index (κ2) is 4.67. The Balaban J connectivity index is 1.49. The Morgan fingerprint density at radius 3 is 2.39 bits per heavy atom. The van der Waals surface area contributed by atoms with Crippen molar-refractivity contribution in [3.05, 3.63) is 35.9 Å². The molecule has 1 unspecified atom stereocenters. The number of nitrogens with one attached hydrogen (secondary N) is 1. The predicted octanol–water partition coefficient (Wildman–Crippen LogP) is 1.71. The van der Waals surface area contributed by atoms with E-state index < -0.39 is 9.84 Å². The van der Waals surface area contributed by atoms with Crippen LogP contribution in [0.1, 0.15) is 30.7 Å². The van der Waals surface area contributed by atoms with Crippen LogP contribution < -0.4 is 5.32 Å². The maximum absolute atomic E-state index is 11.4. The number of hydrogen-bond acceptors (Lipinski definition) is 3. The van der Waals surface area contributed by atoms with Gasteiger partial charge in [0.1, 0.15) is 0 Å². The monoisotopic (exact) mass is 265 g/mol. The van der Waals surface area contributed by atoms with Crippen LogP contribution >= 0.6 is 0 Å². The van der Waals surface area contributed by atoms with Crippen LogP contribution in [0.4, 0.5) is 0 Å². The van der Waals surface area contributed by atoms with E-state index in [4.69, 9.17) is 0 Å². The van der Waals surface area contributed by atoms with Crippen molar-refractivity contribution in [2.75, 3.05) is 11.5 Å². The Kier molecular flexibility index (Phi) is 3.16. The van der Waals surface area contributed by atoms with Crippen LogP contribution in [0.25, 0.3) is 0 Å². The molecule has 2 aliphatic rings.